The second-order valence-corrected chi connectivity index (χ2v) is 7.46. The Morgan fingerprint density at radius 1 is 1.04 bits per heavy atom. The van der Waals surface area contributed by atoms with Gasteiger partial charge in [-0.3, -0.25) is 0 Å². The summed E-state index contributed by atoms with van der Waals surface area (Å²) in [5, 5.41) is 5.77. The molecule has 0 fully saturated rings. The fraction of sp³-hybridized carbons (Fsp3) is 0.0526. The predicted molar refractivity (Wildman–Crippen MR) is 110 cm³/mol. The van der Waals surface area contributed by atoms with Gasteiger partial charge < -0.3 is 5.32 Å². The second kappa shape index (κ2) is 7.12. The molecule has 0 saturated heterocycles. The van der Waals surface area contributed by atoms with Crippen molar-refractivity contribution in [2.75, 3.05) is 5.32 Å². The molecule has 2 heterocycles. The first-order valence-electron chi connectivity index (χ1n) is 7.67. The minimum absolute atomic E-state index is 0.670. The highest BCUT2D eigenvalue weighted by Crippen LogP contribution is 2.36. The van der Waals surface area contributed by atoms with Gasteiger partial charge in [-0.1, -0.05) is 70.0 Å². The number of nitrogens with one attached hydrogen (secondary N) is 1. The lowest BCUT2D eigenvalue weighted by molar-refractivity contribution is 1.28. The van der Waals surface area contributed by atoms with E-state index in [4.69, 9.17) is 11.6 Å². The Labute approximate surface area is 162 Å². The van der Waals surface area contributed by atoms with Crippen LogP contribution in [0.1, 0.15) is 5.01 Å². The Balaban J connectivity index is 1.76. The van der Waals surface area contributed by atoms with Gasteiger partial charge in [-0.15, -0.1) is 11.3 Å². The predicted octanol–water partition coefficient (Wildman–Crippen LogP) is 6.65. The highest BCUT2D eigenvalue weighted by atomic mass is 79.9. The summed E-state index contributed by atoms with van der Waals surface area (Å²) in [5.41, 5.74) is 3.75. The average molecular weight is 431 g/mol. The van der Waals surface area contributed by atoms with Crippen molar-refractivity contribution in [1.82, 2.24) is 9.97 Å². The zero-order chi connectivity index (χ0) is 17.2. The largest absolute Gasteiger partial charge is 0.337 e. The molecular weight excluding hydrogens is 418 g/mol. The zero-order valence-electron chi connectivity index (χ0n) is 13.0. The van der Waals surface area contributed by atoms with Crippen molar-refractivity contribution >= 4 is 60.6 Å². The number of pyridine rings is 1. The third-order valence-electron chi connectivity index (χ3n) is 3.80. The van der Waals surface area contributed by atoms with Crippen LogP contribution in [0.15, 0.2) is 60.8 Å². The van der Waals surface area contributed by atoms with Gasteiger partial charge in [0.15, 0.2) is 5.82 Å². The fourth-order valence-corrected chi connectivity index (χ4v) is 4.21. The Hall–Kier alpha value is -1.95. The highest BCUT2D eigenvalue weighted by molar-refractivity contribution is 9.08. The molecule has 4 aromatic rings. The zero-order valence-corrected chi connectivity index (χ0v) is 16.2. The number of fused-ring (bicyclic) bond motifs is 1. The molecule has 0 bridgehead atoms. The first kappa shape index (κ1) is 16.5. The maximum atomic E-state index is 6.66. The van der Waals surface area contributed by atoms with Crippen molar-refractivity contribution in [3.8, 4) is 11.1 Å². The molecular formula is C19H13BrClN3S. The molecule has 2 aromatic heterocycles. The minimum Gasteiger partial charge on any atom is -0.337 e. The minimum atomic E-state index is 0.670. The lowest BCUT2D eigenvalue weighted by Crippen LogP contribution is -1.96. The van der Waals surface area contributed by atoms with Gasteiger partial charge in [0.1, 0.15) is 10.5 Å². The standard InChI is InChI=1S/C19H13BrClN3S/c20-11-16-24-18-15(25-16)9-10-22-19(18)23-14-8-4-7-13(17(14)21)12-5-2-1-3-6-12/h1-10H,11H2,(H,22,23). The molecule has 2 aromatic carbocycles. The van der Waals surface area contributed by atoms with Gasteiger partial charge in [0, 0.05) is 11.8 Å². The van der Waals surface area contributed by atoms with Crippen molar-refractivity contribution in [3.63, 3.8) is 0 Å². The van der Waals surface area contributed by atoms with Gasteiger partial charge in [-0.05, 0) is 17.7 Å². The number of rotatable bonds is 4. The van der Waals surface area contributed by atoms with Crippen LogP contribution in [-0.4, -0.2) is 9.97 Å². The summed E-state index contributed by atoms with van der Waals surface area (Å²) >= 11 is 11.8. The normalized spacial score (nSPS) is 11.0. The topological polar surface area (TPSA) is 37.8 Å². The van der Waals surface area contributed by atoms with Gasteiger partial charge in [-0.2, -0.15) is 0 Å². The number of thiazole rings is 1. The van der Waals surface area contributed by atoms with Crippen LogP contribution in [-0.2, 0) is 5.33 Å². The first-order valence-corrected chi connectivity index (χ1v) is 9.99. The fourth-order valence-electron chi connectivity index (χ4n) is 2.65. The van der Waals surface area contributed by atoms with E-state index in [9.17, 15) is 0 Å². The van der Waals surface area contributed by atoms with E-state index in [0.29, 0.717) is 10.8 Å². The molecule has 124 valence electrons. The van der Waals surface area contributed by atoms with E-state index < -0.39 is 0 Å². The maximum Gasteiger partial charge on any atom is 0.157 e. The van der Waals surface area contributed by atoms with Crippen LogP contribution in [0.4, 0.5) is 11.5 Å². The molecule has 0 aliphatic heterocycles. The Bertz CT molecular complexity index is 1030. The molecule has 0 spiro atoms. The molecule has 4 rings (SSSR count). The van der Waals surface area contributed by atoms with Crippen molar-refractivity contribution in [1.29, 1.82) is 0 Å². The third kappa shape index (κ3) is 3.27. The summed E-state index contributed by atoms with van der Waals surface area (Å²) in [4.78, 5) is 9.09. The number of benzene rings is 2. The van der Waals surface area contributed by atoms with Gasteiger partial charge in [0.2, 0.25) is 0 Å². The molecule has 0 atom stereocenters. The van der Waals surface area contributed by atoms with Crippen molar-refractivity contribution in [2.24, 2.45) is 0 Å². The van der Waals surface area contributed by atoms with Crippen LogP contribution in [0.2, 0.25) is 5.02 Å². The molecule has 0 unspecified atom stereocenters. The monoisotopic (exact) mass is 429 g/mol. The summed E-state index contributed by atoms with van der Waals surface area (Å²) in [6.07, 6.45) is 1.79. The number of aromatic nitrogens is 2. The van der Waals surface area contributed by atoms with E-state index in [-0.39, 0.29) is 0 Å². The number of hydrogen-bond donors (Lipinski definition) is 1. The summed E-state index contributed by atoms with van der Waals surface area (Å²) in [7, 11) is 0. The van der Waals surface area contributed by atoms with Gasteiger partial charge in [0.25, 0.3) is 0 Å². The number of halogens is 2. The Kier molecular flexibility index (Phi) is 4.70. The summed E-state index contributed by atoms with van der Waals surface area (Å²) in [6.45, 7) is 0. The van der Waals surface area contributed by atoms with E-state index in [1.807, 2.05) is 54.6 Å². The van der Waals surface area contributed by atoms with Gasteiger partial charge >= 0.3 is 0 Å². The van der Waals surface area contributed by atoms with E-state index in [0.717, 1.165) is 37.4 Å². The summed E-state index contributed by atoms with van der Waals surface area (Å²) < 4.78 is 1.10. The van der Waals surface area contributed by atoms with Crippen LogP contribution >= 0.6 is 38.9 Å². The van der Waals surface area contributed by atoms with E-state index in [1.165, 1.54) is 0 Å². The van der Waals surface area contributed by atoms with Crippen LogP contribution in [0.3, 0.4) is 0 Å². The van der Waals surface area contributed by atoms with E-state index in [2.05, 4.69) is 31.2 Å². The number of alkyl halides is 1. The SMILES string of the molecule is Clc1c(Nc2nccc3sc(CBr)nc23)cccc1-c1ccccc1. The van der Waals surface area contributed by atoms with E-state index >= 15 is 0 Å². The lowest BCUT2D eigenvalue weighted by Gasteiger charge is -2.12. The molecule has 25 heavy (non-hydrogen) atoms. The van der Waals surface area contributed by atoms with Gasteiger partial charge in [0.05, 0.1) is 20.7 Å². The second-order valence-electron chi connectivity index (χ2n) is 5.41. The third-order valence-corrected chi connectivity index (χ3v) is 6.13. The average Bonchev–Trinajstić information content (AvgIpc) is 3.08. The first-order chi connectivity index (χ1) is 12.3. The van der Waals surface area contributed by atoms with E-state index in [1.54, 1.807) is 17.5 Å². The smallest absolute Gasteiger partial charge is 0.157 e. The molecule has 3 nitrogen and oxygen atoms in total. The van der Waals surface area contributed by atoms with Crippen molar-refractivity contribution < 1.29 is 0 Å². The van der Waals surface area contributed by atoms with Crippen molar-refractivity contribution in [3.05, 3.63) is 70.8 Å². The number of anilines is 2. The number of hydrogen-bond acceptors (Lipinski definition) is 4. The molecule has 0 aliphatic rings. The van der Waals surface area contributed by atoms with Crippen LogP contribution in [0, 0.1) is 0 Å². The summed E-state index contributed by atoms with van der Waals surface area (Å²) in [6, 6.07) is 18.0. The molecule has 6 heteroatoms. The van der Waals surface area contributed by atoms with Crippen LogP contribution < -0.4 is 5.32 Å². The van der Waals surface area contributed by atoms with Crippen LogP contribution in [0.25, 0.3) is 21.3 Å². The Morgan fingerprint density at radius 3 is 2.68 bits per heavy atom. The molecule has 1 N–H and O–H groups in total. The highest BCUT2D eigenvalue weighted by Gasteiger charge is 2.12. The number of nitrogens with zero attached hydrogens (tertiary/aromatic N) is 2. The molecule has 0 amide bonds. The lowest BCUT2D eigenvalue weighted by atomic mass is 10.1. The maximum absolute atomic E-state index is 6.66. The molecule has 0 radical (unpaired) electrons. The molecule has 0 saturated carbocycles. The quantitative estimate of drug-likeness (QED) is 0.368. The van der Waals surface area contributed by atoms with Gasteiger partial charge in [-0.25, -0.2) is 9.97 Å². The van der Waals surface area contributed by atoms with Crippen LogP contribution in [0.5, 0.6) is 0 Å². The summed E-state index contributed by atoms with van der Waals surface area (Å²) in [5.74, 6) is 0.716. The Morgan fingerprint density at radius 2 is 1.88 bits per heavy atom. The van der Waals surface area contributed by atoms with Crippen molar-refractivity contribution in [2.45, 2.75) is 5.33 Å². The molecule has 0 aliphatic carbocycles.